The molecule has 0 unspecified atom stereocenters. The van der Waals surface area contributed by atoms with E-state index >= 15 is 0 Å². The number of amidine groups is 1. The van der Waals surface area contributed by atoms with Crippen LogP contribution >= 0.6 is 11.8 Å². The average Bonchev–Trinajstić information content (AvgIpc) is 2.66. The van der Waals surface area contributed by atoms with Crippen molar-refractivity contribution in [3.05, 3.63) is 26.5 Å². The predicted molar refractivity (Wildman–Crippen MR) is 67.5 cm³/mol. The third-order valence-corrected chi connectivity index (χ3v) is 4.66. The lowest BCUT2D eigenvalue weighted by atomic mass is 10.4. The second-order valence-electron chi connectivity index (χ2n) is 3.50. The van der Waals surface area contributed by atoms with E-state index in [-0.39, 0.29) is 10.9 Å². The maximum absolute atomic E-state index is 12.0. The molecule has 0 spiro atoms. The highest BCUT2D eigenvalue weighted by Gasteiger charge is 2.24. The zero-order chi connectivity index (χ0) is 13.3. The Labute approximate surface area is 106 Å². The van der Waals surface area contributed by atoms with Crippen LogP contribution in [0.1, 0.15) is 5.69 Å². The highest BCUT2D eigenvalue weighted by molar-refractivity contribution is 8.15. The normalized spacial score (nSPS) is 15.5. The highest BCUT2D eigenvalue weighted by atomic mass is 32.2. The van der Waals surface area contributed by atoms with Crippen molar-refractivity contribution in [2.75, 3.05) is 12.3 Å². The molecule has 1 aliphatic heterocycles. The van der Waals surface area contributed by atoms with Gasteiger partial charge in [0.15, 0.2) is 10.1 Å². The second kappa shape index (κ2) is 4.61. The van der Waals surface area contributed by atoms with E-state index in [0.29, 0.717) is 12.3 Å². The molecular weight excluding hydrogens is 280 g/mol. The number of hydrogen-bond donors (Lipinski definition) is 3. The van der Waals surface area contributed by atoms with Crippen molar-refractivity contribution in [2.24, 2.45) is 4.99 Å². The van der Waals surface area contributed by atoms with Gasteiger partial charge in [-0.15, -0.1) is 0 Å². The standard InChI is InChI=1S/C8H10N4O4S2/c1-4-5(6(13)11-7(14)10-4)18(15,16)12-8-9-2-3-17-8/h2-3H2,1H3,(H,9,12)(H2,10,11,13,14). The monoisotopic (exact) mass is 290 g/mol. The summed E-state index contributed by atoms with van der Waals surface area (Å²) in [6.45, 7) is 1.87. The molecule has 0 aromatic carbocycles. The Kier molecular flexibility index (Phi) is 3.30. The van der Waals surface area contributed by atoms with Gasteiger partial charge in [0.25, 0.3) is 15.6 Å². The van der Waals surface area contributed by atoms with Crippen molar-refractivity contribution in [3.8, 4) is 0 Å². The number of nitrogens with zero attached hydrogens (tertiary/aromatic N) is 1. The maximum atomic E-state index is 12.0. The van der Waals surface area contributed by atoms with Gasteiger partial charge >= 0.3 is 5.69 Å². The van der Waals surface area contributed by atoms with Crippen molar-refractivity contribution in [2.45, 2.75) is 11.8 Å². The minimum Gasteiger partial charge on any atom is -0.310 e. The van der Waals surface area contributed by atoms with Crippen molar-refractivity contribution < 1.29 is 8.42 Å². The molecule has 1 aromatic heterocycles. The summed E-state index contributed by atoms with van der Waals surface area (Å²) in [5.41, 5.74) is -1.71. The first-order valence-corrected chi connectivity index (χ1v) is 7.40. The highest BCUT2D eigenvalue weighted by Crippen LogP contribution is 2.12. The lowest BCUT2D eigenvalue weighted by Crippen LogP contribution is -2.36. The third kappa shape index (κ3) is 2.48. The fourth-order valence-corrected chi connectivity index (χ4v) is 3.74. The molecule has 0 fully saturated rings. The van der Waals surface area contributed by atoms with E-state index in [1.807, 2.05) is 4.98 Å². The fraction of sp³-hybridized carbons (Fsp3) is 0.375. The number of aryl methyl sites for hydroxylation is 1. The van der Waals surface area contributed by atoms with Gasteiger partial charge in [-0.05, 0) is 6.92 Å². The number of thioether (sulfide) groups is 1. The Morgan fingerprint density at radius 2 is 2.06 bits per heavy atom. The first kappa shape index (κ1) is 12.9. The molecule has 0 saturated carbocycles. The molecule has 0 radical (unpaired) electrons. The zero-order valence-electron chi connectivity index (χ0n) is 9.31. The fourth-order valence-electron chi connectivity index (χ4n) is 1.47. The van der Waals surface area contributed by atoms with E-state index in [1.54, 1.807) is 0 Å². The summed E-state index contributed by atoms with van der Waals surface area (Å²) in [5.74, 6) is 0.693. The van der Waals surface area contributed by atoms with Crippen LogP contribution in [0.4, 0.5) is 0 Å². The minimum absolute atomic E-state index is 0.0140. The smallest absolute Gasteiger partial charge is 0.310 e. The van der Waals surface area contributed by atoms with Crippen LogP contribution in [-0.4, -0.2) is 35.9 Å². The molecular formula is C8H10N4O4S2. The third-order valence-electron chi connectivity index (χ3n) is 2.15. The van der Waals surface area contributed by atoms with E-state index in [1.165, 1.54) is 18.7 Å². The number of aromatic nitrogens is 2. The molecule has 0 amide bonds. The predicted octanol–water partition coefficient (Wildman–Crippen LogP) is -1.25. The molecule has 1 aromatic rings. The van der Waals surface area contributed by atoms with Gasteiger partial charge in [0.1, 0.15) is 0 Å². The second-order valence-corrected chi connectivity index (χ2v) is 6.21. The van der Waals surface area contributed by atoms with Crippen LogP contribution in [-0.2, 0) is 10.0 Å². The summed E-state index contributed by atoms with van der Waals surface area (Å²) in [6, 6.07) is 0. The molecule has 3 N–H and O–H groups in total. The van der Waals surface area contributed by atoms with Crippen LogP contribution in [0.3, 0.4) is 0 Å². The summed E-state index contributed by atoms with van der Waals surface area (Å²) in [4.78, 5) is 30.1. The zero-order valence-corrected chi connectivity index (χ0v) is 10.9. The molecule has 10 heteroatoms. The topological polar surface area (TPSA) is 124 Å². The van der Waals surface area contributed by atoms with Gasteiger partial charge in [-0.25, -0.2) is 13.2 Å². The van der Waals surface area contributed by atoms with Crippen LogP contribution in [0.15, 0.2) is 19.5 Å². The molecule has 8 nitrogen and oxygen atoms in total. The lowest BCUT2D eigenvalue weighted by Gasteiger charge is -2.07. The summed E-state index contributed by atoms with van der Waals surface area (Å²) < 4.78 is 26.2. The average molecular weight is 290 g/mol. The van der Waals surface area contributed by atoms with Gasteiger partial charge in [0, 0.05) is 11.4 Å². The van der Waals surface area contributed by atoms with Crippen molar-refractivity contribution in [1.82, 2.24) is 14.7 Å². The number of H-pyrrole nitrogens is 2. The van der Waals surface area contributed by atoms with E-state index < -0.39 is 26.2 Å². The Morgan fingerprint density at radius 3 is 2.61 bits per heavy atom. The number of rotatable bonds is 2. The molecule has 0 aliphatic carbocycles. The van der Waals surface area contributed by atoms with Gasteiger partial charge in [0.05, 0.1) is 6.54 Å². The number of nitrogens with one attached hydrogen (secondary N) is 3. The Hall–Kier alpha value is -1.55. The molecule has 98 valence electrons. The summed E-state index contributed by atoms with van der Waals surface area (Å²) in [6.07, 6.45) is 0. The quantitative estimate of drug-likeness (QED) is 0.628. The number of hydrogen-bond acceptors (Lipinski definition) is 6. The molecule has 2 rings (SSSR count). The molecule has 0 atom stereocenters. The number of aliphatic imine (C=N–C) groups is 1. The minimum atomic E-state index is -4.04. The summed E-state index contributed by atoms with van der Waals surface area (Å²) >= 11 is 1.25. The molecule has 0 bridgehead atoms. The number of aromatic amines is 2. The molecule has 18 heavy (non-hydrogen) atoms. The largest absolute Gasteiger partial charge is 0.325 e. The summed E-state index contributed by atoms with van der Waals surface area (Å²) in [7, 11) is -4.04. The maximum Gasteiger partial charge on any atom is 0.325 e. The Balaban J connectivity index is 2.48. The van der Waals surface area contributed by atoms with Gasteiger partial charge in [-0.3, -0.25) is 19.5 Å². The number of sulfonamides is 1. The van der Waals surface area contributed by atoms with Gasteiger partial charge in [0.2, 0.25) is 0 Å². The molecule has 0 saturated heterocycles. The Morgan fingerprint density at radius 1 is 1.33 bits per heavy atom. The van der Waals surface area contributed by atoms with Crippen LogP contribution in [0.2, 0.25) is 0 Å². The lowest BCUT2D eigenvalue weighted by molar-refractivity contribution is 0.589. The molecule has 1 aliphatic rings. The van der Waals surface area contributed by atoms with Crippen LogP contribution in [0.5, 0.6) is 0 Å². The van der Waals surface area contributed by atoms with E-state index in [9.17, 15) is 18.0 Å². The first-order valence-electron chi connectivity index (χ1n) is 4.93. The summed E-state index contributed by atoms with van der Waals surface area (Å²) in [5, 5.41) is 0.250. The van der Waals surface area contributed by atoms with Crippen molar-refractivity contribution in [3.63, 3.8) is 0 Å². The van der Waals surface area contributed by atoms with E-state index in [2.05, 4.69) is 14.7 Å². The van der Waals surface area contributed by atoms with E-state index in [4.69, 9.17) is 0 Å². The van der Waals surface area contributed by atoms with Crippen LogP contribution in [0, 0.1) is 6.92 Å². The Bertz CT molecular complexity index is 715. The van der Waals surface area contributed by atoms with Gasteiger partial charge in [-0.1, -0.05) is 11.8 Å². The van der Waals surface area contributed by atoms with Crippen LogP contribution < -0.4 is 16.0 Å². The first-order chi connectivity index (χ1) is 8.40. The van der Waals surface area contributed by atoms with E-state index in [0.717, 1.165) is 0 Å². The van der Waals surface area contributed by atoms with Gasteiger partial charge in [-0.2, -0.15) is 0 Å². The van der Waals surface area contributed by atoms with Crippen molar-refractivity contribution in [1.29, 1.82) is 0 Å². The van der Waals surface area contributed by atoms with Crippen molar-refractivity contribution >= 4 is 27.0 Å². The van der Waals surface area contributed by atoms with Gasteiger partial charge < -0.3 is 4.98 Å². The molecule has 2 heterocycles. The van der Waals surface area contributed by atoms with Crippen LogP contribution in [0.25, 0.3) is 0 Å². The SMILES string of the molecule is Cc1[nH]c(=O)[nH]c(=O)c1S(=O)(=O)NC1=NCCS1.